The molecule has 1 atom stereocenters. The van der Waals surface area contributed by atoms with Gasteiger partial charge in [0.15, 0.2) is 10.8 Å². The molecule has 1 amide bonds. The second kappa shape index (κ2) is 6.27. The minimum Gasteiger partial charge on any atom is -0.459 e. The molecule has 0 aliphatic heterocycles. The number of amides is 1. The normalized spacial score (nSPS) is 13.7. The van der Waals surface area contributed by atoms with Crippen LogP contribution in [0.4, 0.5) is 0 Å². The summed E-state index contributed by atoms with van der Waals surface area (Å²) in [4.78, 5) is 17.3. The summed E-state index contributed by atoms with van der Waals surface area (Å²) in [5.74, 6) is 1.14. The maximum absolute atomic E-state index is 12.2. The Morgan fingerprint density at radius 2 is 2.22 bits per heavy atom. The molecule has 2 N–H and O–H groups in total. The van der Waals surface area contributed by atoms with Crippen molar-refractivity contribution in [2.45, 2.75) is 19.4 Å². The van der Waals surface area contributed by atoms with Crippen LogP contribution in [0.3, 0.4) is 0 Å². The SMILES string of the molecule is Cc1ccc(-c2nc(C(=O)NCC(C)(O)c3cccs3)cs2)o1. The second-order valence-corrected chi connectivity index (χ2v) is 7.19. The fourth-order valence-electron chi connectivity index (χ4n) is 2.06. The van der Waals surface area contributed by atoms with Crippen LogP contribution in [0.1, 0.15) is 28.0 Å². The molecule has 0 aliphatic rings. The number of carbonyl (C=O) groups excluding carboxylic acids is 1. The number of rotatable bonds is 5. The summed E-state index contributed by atoms with van der Waals surface area (Å²) in [6.07, 6.45) is 0. The van der Waals surface area contributed by atoms with Crippen molar-refractivity contribution in [2.24, 2.45) is 0 Å². The van der Waals surface area contributed by atoms with E-state index in [9.17, 15) is 9.90 Å². The zero-order valence-electron chi connectivity index (χ0n) is 12.7. The van der Waals surface area contributed by atoms with Crippen molar-refractivity contribution in [1.29, 1.82) is 0 Å². The third-order valence-electron chi connectivity index (χ3n) is 3.33. The van der Waals surface area contributed by atoms with Gasteiger partial charge in [0.25, 0.3) is 5.91 Å². The van der Waals surface area contributed by atoms with E-state index >= 15 is 0 Å². The molecular weight excluding hydrogens is 332 g/mol. The number of hydrogen-bond acceptors (Lipinski definition) is 6. The van der Waals surface area contributed by atoms with Gasteiger partial charge >= 0.3 is 0 Å². The lowest BCUT2D eigenvalue weighted by Gasteiger charge is -2.21. The number of nitrogens with zero attached hydrogens (tertiary/aromatic N) is 1. The summed E-state index contributed by atoms with van der Waals surface area (Å²) in [6, 6.07) is 7.40. The summed E-state index contributed by atoms with van der Waals surface area (Å²) in [5.41, 5.74) is -0.776. The summed E-state index contributed by atoms with van der Waals surface area (Å²) in [5, 5.41) is 17.4. The van der Waals surface area contributed by atoms with Crippen LogP contribution in [0.15, 0.2) is 39.4 Å². The molecule has 0 saturated heterocycles. The molecule has 0 aliphatic carbocycles. The molecule has 0 radical (unpaired) electrons. The van der Waals surface area contributed by atoms with Crippen LogP contribution >= 0.6 is 22.7 Å². The highest BCUT2D eigenvalue weighted by Gasteiger charge is 2.25. The molecule has 5 nitrogen and oxygen atoms in total. The van der Waals surface area contributed by atoms with E-state index in [0.29, 0.717) is 16.5 Å². The Balaban J connectivity index is 1.66. The highest BCUT2D eigenvalue weighted by atomic mass is 32.1. The van der Waals surface area contributed by atoms with Gasteiger partial charge in [-0.1, -0.05) is 6.07 Å². The van der Waals surface area contributed by atoms with E-state index in [1.165, 1.54) is 22.7 Å². The Labute approximate surface area is 141 Å². The number of aromatic nitrogens is 1. The van der Waals surface area contributed by atoms with E-state index in [1.54, 1.807) is 12.3 Å². The number of thiazole rings is 1. The van der Waals surface area contributed by atoms with Gasteiger partial charge in [-0.3, -0.25) is 4.79 Å². The fourth-order valence-corrected chi connectivity index (χ4v) is 3.60. The van der Waals surface area contributed by atoms with Crippen molar-refractivity contribution in [3.8, 4) is 10.8 Å². The van der Waals surface area contributed by atoms with E-state index in [1.807, 2.05) is 36.6 Å². The van der Waals surface area contributed by atoms with Crippen molar-refractivity contribution in [1.82, 2.24) is 10.3 Å². The van der Waals surface area contributed by atoms with Crippen LogP contribution < -0.4 is 5.32 Å². The third kappa shape index (κ3) is 3.52. The Morgan fingerprint density at radius 1 is 1.39 bits per heavy atom. The Kier molecular flexibility index (Phi) is 4.34. The largest absolute Gasteiger partial charge is 0.459 e. The first kappa shape index (κ1) is 15.9. The zero-order chi connectivity index (χ0) is 16.4. The van der Waals surface area contributed by atoms with Gasteiger partial charge < -0.3 is 14.8 Å². The van der Waals surface area contributed by atoms with Crippen molar-refractivity contribution in [2.75, 3.05) is 6.54 Å². The Bertz CT molecular complexity index is 803. The predicted molar refractivity (Wildman–Crippen MR) is 90.8 cm³/mol. The van der Waals surface area contributed by atoms with Crippen molar-refractivity contribution in [3.05, 3.63) is 51.4 Å². The molecule has 1 unspecified atom stereocenters. The first-order chi connectivity index (χ1) is 11.0. The van der Waals surface area contributed by atoms with Crippen LogP contribution in [0.25, 0.3) is 10.8 Å². The monoisotopic (exact) mass is 348 g/mol. The van der Waals surface area contributed by atoms with Crippen LogP contribution in [-0.4, -0.2) is 22.5 Å². The number of thiophene rings is 1. The smallest absolute Gasteiger partial charge is 0.270 e. The van der Waals surface area contributed by atoms with E-state index < -0.39 is 5.60 Å². The summed E-state index contributed by atoms with van der Waals surface area (Å²) >= 11 is 2.80. The number of nitrogens with one attached hydrogen (secondary N) is 1. The molecular formula is C16H16N2O3S2. The molecule has 0 aromatic carbocycles. The fraction of sp³-hybridized carbons (Fsp3) is 0.250. The second-order valence-electron chi connectivity index (χ2n) is 5.38. The quantitative estimate of drug-likeness (QED) is 0.741. The van der Waals surface area contributed by atoms with Gasteiger partial charge in [-0.05, 0) is 37.4 Å². The number of hydrogen-bond donors (Lipinski definition) is 2. The molecule has 23 heavy (non-hydrogen) atoms. The van der Waals surface area contributed by atoms with Crippen molar-refractivity contribution in [3.63, 3.8) is 0 Å². The highest BCUT2D eigenvalue weighted by Crippen LogP contribution is 2.26. The molecule has 120 valence electrons. The summed E-state index contributed by atoms with van der Waals surface area (Å²) in [6.45, 7) is 3.66. The van der Waals surface area contributed by atoms with Crippen LogP contribution in [0.2, 0.25) is 0 Å². The number of furan rings is 1. The lowest BCUT2D eigenvalue weighted by molar-refractivity contribution is 0.0555. The standard InChI is InChI=1S/C16H16N2O3S2/c1-10-5-6-12(21-10)15-18-11(8-23-15)14(19)17-9-16(2,20)13-4-3-7-22-13/h3-8,20H,9H2,1-2H3,(H,17,19). The first-order valence-electron chi connectivity index (χ1n) is 7.02. The lowest BCUT2D eigenvalue weighted by Crippen LogP contribution is -2.38. The van der Waals surface area contributed by atoms with Crippen molar-refractivity contribution < 1.29 is 14.3 Å². The first-order valence-corrected chi connectivity index (χ1v) is 8.78. The highest BCUT2D eigenvalue weighted by molar-refractivity contribution is 7.13. The average Bonchev–Trinajstić information content (AvgIpc) is 3.24. The van der Waals surface area contributed by atoms with Gasteiger partial charge in [-0.25, -0.2) is 4.98 Å². The van der Waals surface area contributed by atoms with Crippen LogP contribution in [-0.2, 0) is 5.60 Å². The molecule has 0 bridgehead atoms. The third-order valence-corrected chi connectivity index (χ3v) is 5.31. The molecule has 0 saturated carbocycles. The summed E-state index contributed by atoms with van der Waals surface area (Å²) < 4.78 is 5.50. The maximum atomic E-state index is 12.2. The van der Waals surface area contributed by atoms with Gasteiger partial charge in [-0.15, -0.1) is 22.7 Å². The minimum atomic E-state index is -1.10. The predicted octanol–water partition coefficient (Wildman–Crippen LogP) is 3.41. The lowest BCUT2D eigenvalue weighted by atomic mass is 10.1. The molecule has 3 heterocycles. The van der Waals surface area contributed by atoms with Crippen LogP contribution in [0, 0.1) is 6.92 Å². The molecule has 3 rings (SSSR count). The molecule has 0 spiro atoms. The number of aliphatic hydroxyl groups is 1. The van der Waals surface area contributed by atoms with Gasteiger partial charge in [0, 0.05) is 10.3 Å². The van der Waals surface area contributed by atoms with Gasteiger partial charge in [-0.2, -0.15) is 0 Å². The zero-order valence-corrected chi connectivity index (χ0v) is 14.3. The molecule has 3 aromatic heterocycles. The Morgan fingerprint density at radius 3 is 2.87 bits per heavy atom. The minimum absolute atomic E-state index is 0.124. The topological polar surface area (TPSA) is 75.4 Å². The Hall–Kier alpha value is -1.96. The van der Waals surface area contributed by atoms with Crippen LogP contribution in [0.5, 0.6) is 0 Å². The maximum Gasteiger partial charge on any atom is 0.270 e. The van der Waals surface area contributed by atoms with E-state index in [-0.39, 0.29) is 12.5 Å². The van der Waals surface area contributed by atoms with Gasteiger partial charge in [0.2, 0.25) is 0 Å². The van der Waals surface area contributed by atoms with E-state index in [2.05, 4.69) is 10.3 Å². The summed E-state index contributed by atoms with van der Waals surface area (Å²) in [7, 11) is 0. The molecule has 3 aromatic rings. The number of aryl methyl sites for hydroxylation is 1. The molecule has 0 fully saturated rings. The van der Waals surface area contributed by atoms with E-state index in [4.69, 9.17) is 4.42 Å². The average molecular weight is 348 g/mol. The number of carbonyl (C=O) groups is 1. The van der Waals surface area contributed by atoms with E-state index in [0.717, 1.165) is 10.6 Å². The molecule has 7 heteroatoms. The van der Waals surface area contributed by atoms with Crippen molar-refractivity contribution >= 4 is 28.6 Å². The van der Waals surface area contributed by atoms with Gasteiger partial charge in [0.05, 0.1) is 6.54 Å². The van der Waals surface area contributed by atoms with Gasteiger partial charge in [0.1, 0.15) is 17.1 Å².